The number of hydrazine groups is 1. The van der Waals surface area contributed by atoms with Crippen molar-refractivity contribution in [2.75, 3.05) is 27.3 Å². The second-order valence-electron chi connectivity index (χ2n) is 4.60. The van der Waals surface area contributed by atoms with Crippen LogP contribution in [0.2, 0.25) is 0 Å². The maximum atomic E-state index is 12.0. The minimum atomic E-state index is -0.343. The summed E-state index contributed by atoms with van der Waals surface area (Å²) in [5, 5.41) is 0.769. The van der Waals surface area contributed by atoms with Gasteiger partial charge in [-0.2, -0.15) is 0 Å². The van der Waals surface area contributed by atoms with Gasteiger partial charge < -0.3 is 9.15 Å². The predicted molar refractivity (Wildman–Crippen MR) is 76.1 cm³/mol. The number of furan rings is 1. The van der Waals surface area contributed by atoms with Gasteiger partial charge >= 0.3 is 0 Å². The molecule has 0 saturated heterocycles. The van der Waals surface area contributed by atoms with E-state index in [-0.39, 0.29) is 5.91 Å². The molecule has 0 fully saturated rings. The van der Waals surface area contributed by atoms with Crippen LogP contribution in [-0.2, 0) is 11.3 Å². The number of nitrogen functional groups attached to an aromatic ring is 1. The molecule has 0 saturated carbocycles. The quantitative estimate of drug-likeness (QED) is 0.470. The number of carbonyl (C=O) groups is 1. The number of hydrogen-bond donors (Lipinski definition) is 2. The molecule has 0 radical (unpaired) electrons. The first-order chi connectivity index (χ1) is 9.67. The third kappa shape index (κ3) is 2.98. The van der Waals surface area contributed by atoms with Gasteiger partial charge in [-0.05, 0) is 13.1 Å². The van der Waals surface area contributed by atoms with Crippen molar-refractivity contribution in [1.82, 2.24) is 10.3 Å². The standard InChI is InChI=1S/C14H19N3O3/c1-17(7-8-19-2)9-12-13(14(18)16-15)10-5-3-4-6-11(10)20-12/h3-6H,7-9,15H2,1-2H3,(H,16,18). The highest BCUT2D eigenvalue weighted by Gasteiger charge is 2.20. The van der Waals surface area contributed by atoms with E-state index in [1.807, 2.05) is 36.2 Å². The molecule has 1 amide bonds. The topological polar surface area (TPSA) is 80.7 Å². The highest BCUT2D eigenvalue weighted by molar-refractivity contribution is 6.07. The zero-order valence-corrected chi connectivity index (χ0v) is 11.7. The highest BCUT2D eigenvalue weighted by Crippen LogP contribution is 2.26. The van der Waals surface area contributed by atoms with Crippen LogP contribution in [0.3, 0.4) is 0 Å². The Hall–Kier alpha value is -1.89. The van der Waals surface area contributed by atoms with Gasteiger partial charge in [0.15, 0.2) is 0 Å². The number of nitrogens with one attached hydrogen (secondary N) is 1. The lowest BCUT2D eigenvalue weighted by Gasteiger charge is -2.14. The Kier molecular flexibility index (Phi) is 4.73. The summed E-state index contributed by atoms with van der Waals surface area (Å²) in [7, 11) is 3.60. The van der Waals surface area contributed by atoms with Crippen molar-refractivity contribution in [1.29, 1.82) is 0 Å². The van der Waals surface area contributed by atoms with Crippen molar-refractivity contribution in [2.45, 2.75) is 6.54 Å². The fourth-order valence-electron chi connectivity index (χ4n) is 2.10. The molecule has 2 aromatic rings. The fourth-order valence-corrected chi connectivity index (χ4v) is 2.10. The van der Waals surface area contributed by atoms with Gasteiger partial charge in [-0.15, -0.1) is 0 Å². The van der Waals surface area contributed by atoms with E-state index in [1.54, 1.807) is 7.11 Å². The molecule has 1 aromatic carbocycles. The number of hydrogen-bond acceptors (Lipinski definition) is 5. The number of rotatable bonds is 6. The summed E-state index contributed by atoms with van der Waals surface area (Å²) in [4.78, 5) is 14.0. The number of ether oxygens (including phenoxy) is 1. The van der Waals surface area contributed by atoms with Crippen LogP contribution in [0.15, 0.2) is 28.7 Å². The molecule has 20 heavy (non-hydrogen) atoms. The smallest absolute Gasteiger partial charge is 0.269 e. The number of para-hydroxylation sites is 1. The van der Waals surface area contributed by atoms with Gasteiger partial charge in [-0.1, -0.05) is 18.2 Å². The molecule has 3 N–H and O–H groups in total. The Labute approximate surface area is 117 Å². The van der Waals surface area contributed by atoms with E-state index in [4.69, 9.17) is 15.0 Å². The molecule has 0 aliphatic heterocycles. The number of amides is 1. The number of likely N-dealkylation sites (N-methyl/N-ethyl adjacent to an activating group) is 1. The minimum absolute atomic E-state index is 0.343. The van der Waals surface area contributed by atoms with Crippen LogP contribution in [0.25, 0.3) is 11.0 Å². The van der Waals surface area contributed by atoms with Crippen molar-refractivity contribution in [3.63, 3.8) is 0 Å². The Morgan fingerprint density at radius 2 is 2.20 bits per heavy atom. The number of nitrogens with zero attached hydrogens (tertiary/aromatic N) is 1. The lowest BCUT2D eigenvalue weighted by atomic mass is 10.1. The summed E-state index contributed by atoms with van der Waals surface area (Å²) in [6.07, 6.45) is 0. The van der Waals surface area contributed by atoms with E-state index >= 15 is 0 Å². The second-order valence-corrected chi connectivity index (χ2v) is 4.60. The van der Waals surface area contributed by atoms with Crippen molar-refractivity contribution in [3.8, 4) is 0 Å². The molecule has 2 rings (SSSR count). The van der Waals surface area contributed by atoms with E-state index in [0.717, 1.165) is 11.9 Å². The van der Waals surface area contributed by atoms with Gasteiger partial charge in [-0.25, -0.2) is 5.84 Å². The summed E-state index contributed by atoms with van der Waals surface area (Å²) in [6.45, 7) is 1.88. The largest absolute Gasteiger partial charge is 0.459 e. The first kappa shape index (κ1) is 14.5. The summed E-state index contributed by atoms with van der Waals surface area (Å²) < 4.78 is 10.8. The van der Waals surface area contributed by atoms with E-state index in [1.165, 1.54) is 0 Å². The van der Waals surface area contributed by atoms with Gasteiger partial charge in [0.25, 0.3) is 5.91 Å². The van der Waals surface area contributed by atoms with Crippen LogP contribution in [0.5, 0.6) is 0 Å². The maximum absolute atomic E-state index is 12.0. The van der Waals surface area contributed by atoms with E-state index in [0.29, 0.717) is 30.1 Å². The zero-order chi connectivity index (χ0) is 14.5. The number of benzene rings is 1. The molecule has 6 nitrogen and oxygen atoms in total. The van der Waals surface area contributed by atoms with Crippen LogP contribution in [-0.4, -0.2) is 38.1 Å². The molecule has 1 aromatic heterocycles. The van der Waals surface area contributed by atoms with Gasteiger partial charge in [0.2, 0.25) is 0 Å². The van der Waals surface area contributed by atoms with Crippen molar-refractivity contribution >= 4 is 16.9 Å². The predicted octanol–water partition coefficient (Wildman–Crippen LogP) is 1.11. The number of fused-ring (bicyclic) bond motifs is 1. The average molecular weight is 277 g/mol. The van der Waals surface area contributed by atoms with Gasteiger partial charge in [-0.3, -0.25) is 15.1 Å². The van der Waals surface area contributed by atoms with Gasteiger partial charge in [0, 0.05) is 19.0 Å². The van der Waals surface area contributed by atoms with E-state index in [2.05, 4.69) is 5.43 Å². The Bertz CT molecular complexity index is 594. The molecule has 0 aliphatic rings. The monoisotopic (exact) mass is 277 g/mol. The fraction of sp³-hybridized carbons (Fsp3) is 0.357. The lowest BCUT2D eigenvalue weighted by Crippen LogP contribution is -2.31. The van der Waals surface area contributed by atoms with Gasteiger partial charge in [0.1, 0.15) is 11.3 Å². The molecule has 0 atom stereocenters. The summed E-state index contributed by atoms with van der Waals surface area (Å²) in [5.74, 6) is 5.52. The molecular formula is C14H19N3O3. The molecule has 108 valence electrons. The zero-order valence-electron chi connectivity index (χ0n) is 11.7. The molecule has 1 heterocycles. The van der Waals surface area contributed by atoms with Crippen molar-refractivity contribution < 1.29 is 13.9 Å². The molecule has 6 heteroatoms. The normalized spacial score (nSPS) is 11.2. The third-order valence-corrected chi connectivity index (χ3v) is 3.12. The minimum Gasteiger partial charge on any atom is -0.459 e. The number of methoxy groups -OCH3 is 1. The van der Waals surface area contributed by atoms with E-state index in [9.17, 15) is 4.79 Å². The Morgan fingerprint density at radius 3 is 2.90 bits per heavy atom. The van der Waals surface area contributed by atoms with Crippen LogP contribution in [0.1, 0.15) is 16.1 Å². The summed E-state index contributed by atoms with van der Waals surface area (Å²) in [5.41, 5.74) is 3.35. The van der Waals surface area contributed by atoms with Crippen molar-refractivity contribution in [2.24, 2.45) is 5.84 Å². The third-order valence-electron chi connectivity index (χ3n) is 3.12. The van der Waals surface area contributed by atoms with Crippen LogP contribution >= 0.6 is 0 Å². The average Bonchev–Trinajstić information content (AvgIpc) is 2.82. The second kappa shape index (κ2) is 6.51. The lowest BCUT2D eigenvalue weighted by molar-refractivity contribution is 0.0951. The molecular weight excluding hydrogens is 258 g/mol. The van der Waals surface area contributed by atoms with Crippen molar-refractivity contribution in [3.05, 3.63) is 35.6 Å². The van der Waals surface area contributed by atoms with Crippen LogP contribution < -0.4 is 11.3 Å². The number of nitrogens with two attached hydrogens (primary N) is 1. The van der Waals surface area contributed by atoms with E-state index < -0.39 is 0 Å². The summed E-state index contributed by atoms with van der Waals surface area (Å²) in [6, 6.07) is 7.42. The Balaban J connectivity index is 2.34. The summed E-state index contributed by atoms with van der Waals surface area (Å²) >= 11 is 0. The highest BCUT2D eigenvalue weighted by atomic mass is 16.5. The van der Waals surface area contributed by atoms with Crippen LogP contribution in [0.4, 0.5) is 0 Å². The van der Waals surface area contributed by atoms with Gasteiger partial charge in [0.05, 0.1) is 18.7 Å². The number of carbonyl (C=O) groups excluding carboxylic acids is 1. The SMILES string of the molecule is COCCN(C)Cc1oc2ccccc2c1C(=O)NN. The van der Waals surface area contributed by atoms with Crippen LogP contribution in [0, 0.1) is 0 Å². The molecule has 0 bridgehead atoms. The molecule has 0 unspecified atom stereocenters. The maximum Gasteiger partial charge on any atom is 0.269 e. The first-order valence-corrected chi connectivity index (χ1v) is 6.36. The molecule has 0 aliphatic carbocycles. The molecule has 0 spiro atoms. The Morgan fingerprint density at radius 1 is 1.45 bits per heavy atom. The first-order valence-electron chi connectivity index (χ1n) is 6.36.